The summed E-state index contributed by atoms with van der Waals surface area (Å²) in [4.78, 5) is 10.9. The van der Waals surface area contributed by atoms with Gasteiger partial charge in [0.2, 0.25) is 0 Å². The summed E-state index contributed by atoms with van der Waals surface area (Å²) >= 11 is 6.33. The highest BCUT2D eigenvalue weighted by molar-refractivity contribution is 9.10. The SMILES string of the molecule is O=C(O)c1ccc(NCc2cccc(Br)c2)c(F)c1Br. The van der Waals surface area contributed by atoms with Gasteiger partial charge in [-0.3, -0.25) is 0 Å². The van der Waals surface area contributed by atoms with E-state index in [0.29, 0.717) is 6.54 Å². The van der Waals surface area contributed by atoms with Gasteiger partial charge < -0.3 is 10.4 Å². The average molecular weight is 403 g/mol. The number of hydrogen-bond donors (Lipinski definition) is 2. The molecule has 0 heterocycles. The molecule has 0 saturated carbocycles. The topological polar surface area (TPSA) is 49.3 Å². The Labute approximate surface area is 132 Å². The van der Waals surface area contributed by atoms with Gasteiger partial charge in [-0.2, -0.15) is 0 Å². The third kappa shape index (κ3) is 3.37. The van der Waals surface area contributed by atoms with Crippen molar-refractivity contribution in [2.75, 3.05) is 5.32 Å². The number of aromatic carboxylic acids is 1. The van der Waals surface area contributed by atoms with Crippen LogP contribution >= 0.6 is 31.9 Å². The Kier molecular flexibility index (Phi) is 4.77. The number of halogens is 3. The number of rotatable bonds is 4. The van der Waals surface area contributed by atoms with E-state index in [2.05, 4.69) is 37.2 Å². The molecule has 3 nitrogen and oxygen atoms in total. The van der Waals surface area contributed by atoms with Crippen LogP contribution in [0.1, 0.15) is 15.9 Å². The highest BCUT2D eigenvalue weighted by atomic mass is 79.9. The first-order valence-corrected chi connectivity index (χ1v) is 7.27. The predicted octanol–water partition coefficient (Wildman–Crippen LogP) is 4.66. The number of carboxylic acids is 1. The minimum atomic E-state index is -1.17. The second-order valence-corrected chi connectivity index (χ2v) is 5.79. The van der Waals surface area contributed by atoms with Crippen molar-refractivity contribution >= 4 is 43.5 Å². The monoisotopic (exact) mass is 401 g/mol. The minimum absolute atomic E-state index is 0.0516. The Hall–Kier alpha value is -1.40. The molecule has 0 aliphatic heterocycles. The standard InChI is InChI=1S/C14H10Br2FNO2/c15-9-3-1-2-8(6-9)7-18-11-5-4-10(14(19)20)12(16)13(11)17/h1-6,18H,7H2,(H,19,20). The first kappa shape index (κ1) is 15.0. The number of hydrogen-bond acceptors (Lipinski definition) is 2. The van der Waals surface area contributed by atoms with Gasteiger partial charge in [0, 0.05) is 11.0 Å². The second-order valence-electron chi connectivity index (χ2n) is 4.08. The predicted molar refractivity (Wildman–Crippen MR) is 82.5 cm³/mol. The molecule has 0 aromatic heterocycles. The summed E-state index contributed by atoms with van der Waals surface area (Å²) in [7, 11) is 0. The zero-order chi connectivity index (χ0) is 14.7. The van der Waals surface area contributed by atoms with Crippen molar-refractivity contribution in [1.29, 1.82) is 0 Å². The van der Waals surface area contributed by atoms with E-state index >= 15 is 0 Å². The van der Waals surface area contributed by atoms with Crippen molar-refractivity contribution in [3.63, 3.8) is 0 Å². The van der Waals surface area contributed by atoms with Crippen LogP contribution in [0.2, 0.25) is 0 Å². The summed E-state index contributed by atoms with van der Waals surface area (Å²) in [6.07, 6.45) is 0. The molecule has 0 radical (unpaired) electrons. The molecule has 6 heteroatoms. The molecule has 0 aliphatic carbocycles. The Balaban J connectivity index is 2.18. The fourth-order valence-electron chi connectivity index (χ4n) is 1.70. The van der Waals surface area contributed by atoms with E-state index < -0.39 is 11.8 Å². The maximum Gasteiger partial charge on any atom is 0.336 e. The number of benzene rings is 2. The van der Waals surface area contributed by atoms with Crippen LogP contribution in [0.5, 0.6) is 0 Å². The van der Waals surface area contributed by atoms with E-state index in [-0.39, 0.29) is 15.7 Å². The molecule has 104 valence electrons. The molecule has 0 atom stereocenters. The molecular weight excluding hydrogens is 393 g/mol. The van der Waals surface area contributed by atoms with Gasteiger partial charge in [-0.05, 0) is 45.8 Å². The zero-order valence-corrected chi connectivity index (χ0v) is 13.3. The zero-order valence-electron chi connectivity index (χ0n) is 10.2. The summed E-state index contributed by atoms with van der Waals surface area (Å²) < 4.78 is 14.9. The first-order valence-electron chi connectivity index (χ1n) is 5.68. The van der Waals surface area contributed by atoms with E-state index in [4.69, 9.17) is 5.11 Å². The van der Waals surface area contributed by atoms with Crippen molar-refractivity contribution < 1.29 is 14.3 Å². The number of nitrogens with one attached hydrogen (secondary N) is 1. The highest BCUT2D eigenvalue weighted by Gasteiger charge is 2.15. The Morgan fingerprint density at radius 3 is 2.65 bits per heavy atom. The summed E-state index contributed by atoms with van der Waals surface area (Å²) in [5.74, 6) is -1.78. The lowest BCUT2D eigenvalue weighted by Gasteiger charge is -2.10. The molecule has 20 heavy (non-hydrogen) atoms. The normalized spacial score (nSPS) is 10.3. The van der Waals surface area contributed by atoms with E-state index in [0.717, 1.165) is 10.0 Å². The maximum atomic E-state index is 14.0. The van der Waals surface area contributed by atoms with Crippen LogP contribution in [-0.2, 0) is 6.54 Å². The van der Waals surface area contributed by atoms with Crippen LogP contribution in [-0.4, -0.2) is 11.1 Å². The Morgan fingerprint density at radius 2 is 2.00 bits per heavy atom. The van der Waals surface area contributed by atoms with Gasteiger partial charge in [0.05, 0.1) is 15.7 Å². The van der Waals surface area contributed by atoms with Crippen LogP contribution in [0.3, 0.4) is 0 Å². The second kappa shape index (κ2) is 6.37. The number of carbonyl (C=O) groups is 1. The van der Waals surface area contributed by atoms with Gasteiger partial charge in [0.25, 0.3) is 0 Å². The van der Waals surface area contributed by atoms with E-state index in [1.54, 1.807) is 0 Å². The molecule has 2 aromatic carbocycles. The van der Waals surface area contributed by atoms with Gasteiger partial charge in [-0.25, -0.2) is 9.18 Å². The third-order valence-electron chi connectivity index (χ3n) is 2.68. The molecule has 0 fully saturated rings. The largest absolute Gasteiger partial charge is 0.478 e. The van der Waals surface area contributed by atoms with Crippen LogP contribution in [0.4, 0.5) is 10.1 Å². The minimum Gasteiger partial charge on any atom is -0.478 e. The maximum absolute atomic E-state index is 14.0. The lowest BCUT2D eigenvalue weighted by molar-refractivity contribution is 0.0695. The van der Waals surface area contributed by atoms with Crippen LogP contribution in [0.15, 0.2) is 45.3 Å². The molecule has 0 spiro atoms. The summed E-state index contributed by atoms with van der Waals surface area (Å²) in [5.41, 5.74) is 1.13. The van der Waals surface area contributed by atoms with E-state index in [1.165, 1.54) is 12.1 Å². The van der Waals surface area contributed by atoms with Crippen molar-refractivity contribution in [2.45, 2.75) is 6.54 Å². The van der Waals surface area contributed by atoms with Crippen LogP contribution < -0.4 is 5.32 Å². The molecule has 0 aliphatic rings. The quantitative estimate of drug-likeness (QED) is 0.781. The Bertz CT molecular complexity index is 662. The van der Waals surface area contributed by atoms with Gasteiger partial charge in [-0.15, -0.1) is 0 Å². The fraction of sp³-hybridized carbons (Fsp3) is 0.0714. The molecule has 2 aromatic rings. The van der Waals surface area contributed by atoms with Crippen molar-refractivity contribution in [3.8, 4) is 0 Å². The molecule has 0 saturated heterocycles. The summed E-state index contributed by atoms with van der Waals surface area (Å²) in [5, 5.41) is 11.8. The molecule has 2 rings (SSSR count). The Morgan fingerprint density at radius 1 is 1.25 bits per heavy atom. The molecule has 0 unspecified atom stereocenters. The molecule has 0 bridgehead atoms. The van der Waals surface area contributed by atoms with Gasteiger partial charge in [-0.1, -0.05) is 28.1 Å². The van der Waals surface area contributed by atoms with E-state index in [9.17, 15) is 9.18 Å². The fourth-order valence-corrected chi connectivity index (χ4v) is 2.66. The molecule has 2 N–H and O–H groups in total. The van der Waals surface area contributed by atoms with Crippen molar-refractivity contribution in [3.05, 3.63) is 62.3 Å². The van der Waals surface area contributed by atoms with Gasteiger partial charge >= 0.3 is 5.97 Å². The van der Waals surface area contributed by atoms with Crippen molar-refractivity contribution in [1.82, 2.24) is 0 Å². The lowest BCUT2D eigenvalue weighted by Crippen LogP contribution is -2.05. The van der Waals surface area contributed by atoms with Crippen molar-refractivity contribution in [2.24, 2.45) is 0 Å². The lowest BCUT2D eigenvalue weighted by atomic mass is 10.2. The van der Waals surface area contributed by atoms with Crippen LogP contribution in [0.25, 0.3) is 0 Å². The van der Waals surface area contributed by atoms with E-state index in [1.807, 2.05) is 24.3 Å². The average Bonchev–Trinajstić information content (AvgIpc) is 2.40. The number of carboxylic acid groups (broad SMARTS) is 1. The highest BCUT2D eigenvalue weighted by Crippen LogP contribution is 2.27. The first-order chi connectivity index (χ1) is 9.49. The summed E-state index contributed by atoms with van der Waals surface area (Å²) in [6.45, 7) is 0.440. The molecule has 0 amide bonds. The third-order valence-corrected chi connectivity index (χ3v) is 3.95. The van der Waals surface area contributed by atoms with Gasteiger partial charge in [0.1, 0.15) is 0 Å². The smallest absolute Gasteiger partial charge is 0.336 e. The van der Waals surface area contributed by atoms with Crippen LogP contribution in [0, 0.1) is 5.82 Å². The summed E-state index contributed by atoms with van der Waals surface area (Å²) in [6, 6.07) is 10.4. The number of anilines is 1. The molecular formula is C14H10Br2FNO2. The van der Waals surface area contributed by atoms with Gasteiger partial charge in [0.15, 0.2) is 5.82 Å².